The van der Waals surface area contributed by atoms with Crippen LogP contribution >= 0.6 is 0 Å². The van der Waals surface area contributed by atoms with Gasteiger partial charge in [-0.1, -0.05) is 24.3 Å². The number of carbonyl (C=O) groups excluding carboxylic acids is 1. The minimum Gasteiger partial charge on any atom is -0.383 e. The minimum atomic E-state index is -0.988. The Morgan fingerprint density at radius 2 is 2.16 bits per heavy atom. The number of nitrogens with zero attached hydrogens (tertiary/aromatic N) is 2. The molecule has 2 aromatic rings. The molecule has 5 nitrogen and oxygen atoms in total. The second-order valence-corrected chi connectivity index (χ2v) is 6.80. The zero-order valence-corrected chi connectivity index (χ0v) is 15.0. The number of fused-ring (bicyclic) bond motifs is 1. The Bertz CT molecular complexity index is 822. The number of aromatic nitrogens is 2. The maximum Gasteiger partial charge on any atom is 0.244 e. The van der Waals surface area contributed by atoms with Crippen LogP contribution in [0.3, 0.4) is 0 Å². The third kappa shape index (κ3) is 3.51. The fraction of sp³-hybridized carbons (Fsp3) is 0.400. The number of carbonyl (C=O) groups is 1. The molecule has 0 radical (unpaired) electrons. The summed E-state index contributed by atoms with van der Waals surface area (Å²) in [4.78, 5) is 12.2. The van der Waals surface area contributed by atoms with Crippen LogP contribution in [0.4, 0.5) is 0 Å². The van der Waals surface area contributed by atoms with Crippen LogP contribution in [0.1, 0.15) is 40.9 Å². The lowest BCUT2D eigenvalue weighted by Crippen LogP contribution is -2.42. The van der Waals surface area contributed by atoms with E-state index >= 15 is 0 Å². The van der Waals surface area contributed by atoms with Crippen molar-refractivity contribution in [3.63, 3.8) is 0 Å². The molecule has 0 unspecified atom stereocenters. The van der Waals surface area contributed by atoms with Crippen LogP contribution in [0.25, 0.3) is 6.08 Å². The Balaban J connectivity index is 1.68. The molecule has 1 amide bonds. The molecule has 0 bridgehead atoms. The SMILES string of the molecule is Cc1nn(C)c(C)c1/C=C/C(=O)NC[C@]1(O)CCCc2ccccc21. The molecular formula is C20H25N3O2. The van der Waals surface area contributed by atoms with Gasteiger partial charge >= 0.3 is 0 Å². The average Bonchev–Trinajstić information content (AvgIpc) is 2.84. The quantitative estimate of drug-likeness (QED) is 0.841. The van der Waals surface area contributed by atoms with Gasteiger partial charge in [-0.15, -0.1) is 0 Å². The van der Waals surface area contributed by atoms with Crippen molar-refractivity contribution in [2.24, 2.45) is 7.05 Å². The summed E-state index contributed by atoms with van der Waals surface area (Å²) in [5.74, 6) is -0.209. The zero-order valence-electron chi connectivity index (χ0n) is 15.0. The normalized spacial score (nSPS) is 19.8. The molecule has 132 valence electrons. The molecule has 1 aromatic carbocycles. The van der Waals surface area contributed by atoms with Gasteiger partial charge in [0.1, 0.15) is 5.60 Å². The molecule has 0 spiro atoms. The van der Waals surface area contributed by atoms with Crippen molar-refractivity contribution in [2.75, 3.05) is 6.54 Å². The van der Waals surface area contributed by atoms with E-state index < -0.39 is 5.60 Å². The Morgan fingerprint density at radius 3 is 2.88 bits per heavy atom. The van der Waals surface area contributed by atoms with E-state index in [0.717, 1.165) is 35.4 Å². The molecule has 1 aliphatic carbocycles. The maximum absolute atomic E-state index is 12.2. The molecule has 1 aliphatic rings. The second-order valence-electron chi connectivity index (χ2n) is 6.80. The van der Waals surface area contributed by atoms with Crippen molar-refractivity contribution in [3.05, 3.63) is 58.4 Å². The van der Waals surface area contributed by atoms with Crippen LogP contribution < -0.4 is 5.32 Å². The largest absolute Gasteiger partial charge is 0.383 e. The van der Waals surface area contributed by atoms with E-state index in [1.54, 1.807) is 10.8 Å². The number of aryl methyl sites for hydroxylation is 3. The summed E-state index contributed by atoms with van der Waals surface area (Å²) >= 11 is 0. The highest BCUT2D eigenvalue weighted by Crippen LogP contribution is 2.34. The second kappa shape index (κ2) is 6.84. The van der Waals surface area contributed by atoms with E-state index in [1.807, 2.05) is 39.1 Å². The first-order valence-electron chi connectivity index (χ1n) is 8.67. The molecular weight excluding hydrogens is 314 g/mol. The van der Waals surface area contributed by atoms with Crippen molar-refractivity contribution in [1.29, 1.82) is 0 Å². The fourth-order valence-corrected chi connectivity index (χ4v) is 3.56. The maximum atomic E-state index is 12.2. The lowest BCUT2D eigenvalue weighted by Gasteiger charge is -2.34. The number of hydrogen-bond acceptors (Lipinski definition) is 3. The molecule has 1 heterocycles. The van der Waals surface area contributed by atoms with Gasteiger partial charge in [-0.25, -0.2) is 0 Å². The summed E-state index contributed by atoms with van der Waals surface area (Å²) in [5.41, 5.74) is 3.98. The highest BCUT2D eigenvalue weighted by Gasteiger charge is 2.34. The standard InChI is InChI=1S/C20H25N3O2/c1-14-17(15(2)23(3)22-14)10-11-19(24)21-13-20(25)12-6-8-16-7-4-5-9-18(16)20/h4-5,7,9-11,25H,6,8,12-13H2,1-3H3,(H,21,24)/b11-10+/t20-/m1/s1. The molecule has 1 atom stereocenters. The summed E-state index contributed by atoms with van der Waals surface area (Å²) in [6, 6.07) is 7.93. The number of nitrogens with one attached hydrogen (secondary N) is 1. The van der Waals surface area contributed by atoms with Crippen LogP contribution in [0, 0.1) is 13.8 Å². The van der Waals surface area contributed by atoms with E-state index in [4.69, 9.17) is 0 Å². The first kappa shape index (κ1) is 17.4. The number of benzene rings is 1. The topological polar surface area (TPSA) is 67.2 Å². The Hall–Kier alpha value is -2.40. The van der Waals surface area contributed by atoms with Crippen molar-refractivity contribution >= 4 is 12.0 Å². The van der Waals surface area contributed by atoms with Crippen LogP contribution in [0.15, 0.2) is 30.3 Å². The van der Waals surface area contributed by atoms with E-state index in [0.29, 0.717) is 6.42 Å². The molecule has 25 heavy (non-hydrogen) atoms. The number of hydrogen-bond donors (Lipinski definition) is 2. The van der Waals surface area contributed by atoms with Gasteiger partial charge in [-0.2, -0.15) is 5.10 Å². The van der Waals surface area contributed by atoms with E-state index in [-0.39, 0.29) is 12.5 Å². The number of rotatable bonds is 4. The third-order valence-electron chi connectivity index (χ3n) is 5.08. The first-order valence-corrected chi connectivity index (χ1v) is 8.67. The van der Waals surface area contributed by atoms with Crippen LogP contribution in [-0.4, -0.2) is 27.3 Å². The van der Waals surface area contributed by atoms with Gasteiger partial charge in [0.15, 0.2) is 0 Å². The molecule has 0 aliphatic heterocycles. The minimum absolute atomic E-state index is 0.209. The van der Waals surface area contributed by atoms with Gasteiger partial charge < -0.3 is 10.4 Å². The highest BCUT2D eigenvalue weighted by atomic mass is 16.3. The number of aliphatic hydroxyl groups is 1. The van der Waals surface area contributed by atoms with Crippen LogP contribution in [-0.2, 0) is 23.9 Å². The summed E-state index contributed by atoms with van der Waals surface area (Å²) < 4.78 is 1.80. The lowest BCUT2D eigenvalue weighted by atomic mass is 9.79. The summed E-state index contributed by atoms with van der Waals surface area (Å²) in [6.45, 7) is 4.11. The lowest BCUT2D eigenvalue weighted by molar-refractivity contribution is -0.118. The van der Waals surface area contributed by atoms with Crippen molar-refractivity contribution in [3.8, 4) is 0 Å². The Kier molecular flexibility index (Phi) is 4.77. The summed E-state index contributed by atoms with van der Waals surface area (Å²) in [7, 11) is 1.88. The van der Waals surface area contributed by atoms with E-state index in [9.17, 15) is 9.90 Å². The third-order valence-corrected chi connectivity index (χ3v) is 5.08. The van der Waals surface area contributed by atoms with Crippen molar-refractivity contribution < 1.29 is 9.90 Å². The van der Waals surface area contributed by atoms with Gasteiger partial charge in [0.2, 0.25) is 5.91 Å². The number of amides is 1. The first-order chi connectivity index (χ1) is 11.9. The summed E-state index contributed by atoms with van der Waals surface area (Å²) in [5, 5.41) is 18.2. The van der Waals surface area contributed by atoms with Crippen LogP contribution in [0.5, 0.6) is 0 Å². The molecule has 2 N–H and O–H groups in total. The average molecular weight is 339 g/mol. The van der Waals surface area contributed by atoms with E-state index in [1.165, 1.54) is 11.6 Å². The molecule has 0 saturated heterocycles. The monoisotopic (exact) mass is 339 g/mol. The van der Waals surface area contributed by atoms with E-state index in [2.05, 4.69) is 16.5 Å². The molecule has 0 fully saturated rings. The molecule has 1 aromatic heterocycles. The van der Waals surface area contributed by atoms with Gasteiger partial charge in [0, 0.05) is 24.4 Å². The molecule has 0 saturated carbocycles. The van der Waals surface area contributed by atoms with Gasteiger partial charge in [0.05, 0.1) is 12.2 Å². The Morgan fingerprint density at radius 1 is 1.40 bits per heavy atom. The predicted molar refractivity (Wildman–Crippen MR) is 98.0 cm³/mol. The predicted octanol–water partition coefficient (Wildman–Crippen LogP) is 2.39. The highest BCUT2D eigenvalue weighted by molar-refractivity contribution is 5.92. The van der Waals surface area contributed by atoms with Crippen LogP contribution in [0.2, 0.25) is 0 Å². The smallest absolute Gasteiger partial charge is 0.244 e. The molecule has 3 rings (SSSR count). The summed E-state index contributed by atoms with van der Waals surface area (Å²) in [6.07, 6.45) is 5.86. The van der Waals surface area contributed by atoms with Gasteiger partial charge in [-0.05, 0) is 50.3 Å². The van der Waals surface area contributed by atoms with Crippen molar-refractivity contribution in [2.45, 2.75) is 38.7 Å². The Labute approximate surface area is 148 Å². The van der Waals surface area contributed by atoms with Gasteiger partial charge in [0.25, 0.3) is 0 Å². The van der Waals surface area contributed by atoms with Gasteiger partial charge in [-0.3, -0.25) is 9.48 Å². The zero-order chi connectivity index (χ0) is 18.0. The van der Waals surface area contributed by atoms with Crippen molar-refractivity contribution in [1.82, 2.24) is 15.1 Å². The fourth-order valence-electron chi connectivity index (χ4n) is 3.56. The molecule has 5 heteroatoms.